The number of aliphatic hydroxyl groups is 1. The lowest BCUT2D eigenvalue weighted by molar-refractivity contribution is -0.147. The number of amides is 2. The number of benzene rings is 1. The highest BCUT2D eigenvalue weighted by molar-refractivity contribution is 6.04. The van der Waals surface area contributed by atoms with Crippen LogP contribution in [0.3, 0.4) is 0 Å². The molecular formula is C46H57N5O7. The summed E-state index contributed by atoms with van der Waals surface area (Å²) in [5.41, 5.74) is 6.20. The van der Waals surface area contributed by atoms with E-state index in [1.54, 1.807) is 13.8 Å². The molecule has 0 fully saturated rings. The van der Waals surface area contributed by atoms with Crippen molar-refractivity contribution in [3.05, 3.63) is 81.7 Å². The number of aliphatic imine (C=N–C) groups is 2. The van der Waals surface area contributed by atoms with Crippen LogP contribution in [0.15, 0.2) is 80.6 Å². The van der Waals surface area contributed by atoms with Crippen molar-refractivity contribution < 1.29 is 33.7 Å². The van der Waals surface area contributed by atoms with Crippen molar-refractivity contribution in [2.24, 2.45) is 9.98 Å². The van der Waals surface area contributed by atoms with Crippen LogP contribution in [-0.4, -0.2) is 94.7 Å². The molecule has 0 radical (unpaired) electrons. The molecule has 3 aliphatic carbocycles. The first-order valence-corrected chi connectivity index (χ1v) is 21.1. The second-order valence-electron chi connectivity index (χ2n) is 16.5. The quantitative estimate of drug-likeness (QED) is 0.126. The van der Waals surface area contributed by atoms with Crippen LogP contribution in [0.1, 0.15) is 115 Å². The summed E-state index contributed by atoms with van der Waals surface area (Å²) in [6.45, 7) is 7.28. The number of esters is 1. The molecule has 0 saturated carbocycles. The minimum Gasteiger partial charge on any atom is -0.458 e. The largest absolute Gasteiger partial charge is 0.458 e. The van der Waals surface area contributed by atoms with Gasteiger partial charge in [-0.3, -0.25) is 19.9 Å². The van der Waals surface area contributed by atoms with Crippen LogP contribution in [0.25, 0.3) is 0 Å². The number of carbonyl (C=O) groups excluding carboxylic acids is 3. The highest BCUT2D eigenvalue weighted by Gasteiger charge is 2.46. The number of nitrogens with one attached hydrogen (secondary N) is 1. The number of nitrogens with zero attached hydrogens (tertiary/aromatic N) is 4. The number of ether oxygens (including phenoxy) is 3. The maximum Gasteiger partial charge on any atom is 0.412 e. The van der Waals surface area contributed by atoms with E-state index in [4.69, 9.17) is 24.2 Å². The van der Waals surface area contributed by atoms with Crippen molar-refractivity contribution in [3.8, 4) is 11.8 Å². The van der Waals surface area contributed by atoms with Crippen molar-refractivity contribution in [3.63, 3.8) is 0 Å². The molecule has 3 atom stereocenters. The minimum absolute atomic E-state index is 0.0452. The summed E-state index contributed by atoms with van der Waals surface area (Å²) in [6.07, 6.45) is 14.5. The Kier molecular flexibility index (Phi) is 13.3. The molecule has 3 aliphatic heterocycles. The highest BCUT2D eigenvalue weighted by Crippen LogP contribution is 2.39. The maximum absolute atomic E-state index is 13.6. The first-order valence-electron chi connectivity index (χ1n) is 21.1. The zero-order valence-corrected chi connectivity index (χ0v) is 34.2. The monoisotopic (exact) mass is 791 g/mol. The van der Waals surface area contributed by atoms with Crippen LogP contribution in [0.5, 0.6) is 0 Å². The molecule has 7 rings (SSSR count). The standard InChI is InChI=1S/C46H57N5O7/c1-4-56-29-39-48-42-43(51(39)30-46(2,3)55)36-16-8-9-17-37(36)47-44(42)49-45(54)57-28-31-21-25-35(26-22-31)58-41(53)20-12-11-19-40(52)50-27-34-15-6-5-13-32(34)23-24-33-14-7-10-18-38(33)50/h5-6,13,15,21-22,25,35,42-43,55H,4,7-12,14,16-20,26-30H2,1-3H3,(H,47,49,54). The van der Waals surface area contributed by atoms with E-state index < -0.39 is 23.8 Å². The molecule has 1 aromatic carbocycles. The van der Waals surface area contributed by atoms with Gasteiger partial charge in [0.25, 0.3) is 0 Å². The average Bonchev–Trinajstić information content (AvgIpc) is 3.56. The topological polar surface area (TPSA) is 142 Å². The first kappa shape index (κ1) is 41.2. The fourth-order valence-corrected chi connectivity index (χ4v) is 8.60. The lowest BCUT2D eigenvalue weighted by atomic mass is 9.84. The smallest absolute Gasteiger partial charge is 0.412 e. The number of fused-ring (bicyclic) bond motifs is 3. The molecule has 12 heteroatoms. The lowest BCUT2D eigenvalue weighted by Crippen LogP contribution is -2.54. The molecule has 2 amide bonds. The fraction of sp³-hybridized carbons (Fsp3) is 0.543. The van der Waals surface area contributed by atoms with Gasteiger partial charge in [-0.05, 0) is 114 Å². The van der Waals surface area contributed by atoms with Gasteiger partial charge in [0.1, 0.15) is 37.0 Å². The summed E-state index contributed by atoms with van der Waals surface area (Å²) in [7, 11) is 0. The number of unbranched alkanes of at least 4 members (excludes halogenated alkanes) is 1. The van der Waals surface area contributed by atoms with Gasteiger partial charge in [0.15, 0.2) is 0 Å². The van der Waals surface area contributed by atoms with Crippen LogP contribution in [0, 0.1) is 11.8 Å². The molecule has 1 aromatic rings. The summed E-state index contributed by atoms with van der Waals surface area (Å²) >= 11 is 0. The van der Waals surface area contributed by atoms with E-state index >= 15 is 0 Å². The Morgan fingerprint density at radius 1 is 1.00 bits per heavy atom. The van der Waals surface area contributed by atoms with Gasteiger partial charge in [0.2, 0.25) is 5.91 Å². The van der Waals surface area contributed by atoms with Crippen LogP contribution < -0.4 is 5.32 Å². The van der Waals surface area contributed by atoms with Gasteiger partial charge in [-0.25, -0.2) is 9.79 Å². The molecule has 0 spiro atoms. The van der Waals surface area contributed by atoms with Crippen LogP contribution in [0.4, 0.5) is 4.79 Å². The molecule has 308 valence electrons. The second-order valence-corrected chi connectivity index (χ2v) is 16.5. The van der Waals surface area contributed by atoms with Crippen molar-refractivity contribution in [1.82, 2.24) is 15.1 Å². The van der Waals surface area contributed by atoms with Crippen LogP contribution >= 0.6 is 0 Å². The van der Waals surface area contributed by atoms with Gasteiger partial charge in [0, 0.05) is 54.9 Å². The van der Waals surface area contributed by atoms with E-state index in [2.05, 4.69) is 22.1 Å². The summed E-state index contributed by atoms with van der Waals surface area (Å²) in [5.74, 6) is 7.64. The number of hydrogen-bond acceptors (Lipinski definition) is 10. The molecular weight excluding hydrogens is 735 g/mol. The molecule has 6 aliphatic rings. The molecule has 3 unspecified atom stereocenters. The molecule has 0 saturated heterocycles. The zero-order valence-electron chi connectivity index (χ0n) is 34.2. The average molecular weight is 792 g/mol. The normalized spacial score (nSPS) is 22.5. The number of carbonyl (C=O) groups is 3. The van der Waals surface area contributed by atoms with E-state index in [9.17, 15) is 19.5 Å². The molecule has 0 bridgehead atoms. The Hall–Kier alpha value is -4.99. The molecule has 3 heterocycles. The van der Waals surface area contributed by atoms with Gasteiger partial charge < -0.3 is 29.1 Å². The summed E-state index contributed by atoms with van der Waals surface area (Å²) in [5, 5.41) is 13.7. The fourth-order valence-electron chi connectivity index (χ4n) is 8.60. The van der Waals surface area contributed by atoms with E-state index in [0.29, 0.717) is 57.8 Å². The van der Waals surface area contributed by atoms with E-state index in [-0.39, 0.29) is 30.9 Å². The third-order valence-corrected chi connectivity index (χ3v) is 11.4. The Bertz CT molecular complexity index is 2010. The number of amidine groups is 2. The third kappa shape index (κ3) is 10.2. The Balaban J connectivity index is 0.861. The SMILES string of the molecule is CCOCC1=NC2C(NC(=O)OCC3=CCC(OC(=O)CCCCC(=O)N4Cc5ccccc5C#CC5=C4CCCC5)C=C3)=NC3=C(CCCC3)C2N1CC(C)(C)O. The number of hydrogen-bond donors (Lipinski definition) is 2. The van der Waals surface area contributed by atoms with Gasteiger partial charge in [-0.15, -0.1) is 0 Å². The predicted molar refractivity (Wildman–Crippen MR) is 221 cm³/mol. The Labute approximate surface area is 342 Å². The Morgan fingerprint density at radius 2 is 1.79 bits per heavy atom. The highest BCUT2D eigenvalue weighted by atomic mass is 16.6. The zero-order chi connectivity index (χ0) is 40.6. The van der Waals surface area contributed by atoms with Gasteiger partial charge in [-0.2, -0.15) is 0 Å². The van der Waals surface area contributed by atoms with E-state index in [1.165, 1.54) is 5.57 Å². The number of allylic oxidation sites excluding steroid dienone is 3. The second kappa shape index (κ2) is 18.7. The van der Waals surface area contributed by atoms with Gasteiger partial charge in [-0.1, -0.05) is 42.2 Å². The maximum atomic E-state index is 13.6. The number of rotatable bonds is 13. The first-order chi connectivity index (χ1) is 28.1. The third-order valence-electron chi connectivity index (χ3n) is 11.4. The molecule has 12 nitrogen and oxygen atoms in total. The van der Waals surface area contributed by atoms with Crippen molar-refractivity contribution >= 4 is 29.6 Å². The van der Waals surface area contributed by atoms with E-state index in [1.807, 2.05) is 54.3 Å². The predicted octanol–water partition coefficient (Wildman–Crippen LogP) is 6.79. The number of alkyl carbamates (subject to hydrolysis) is 1. The molecule has 0 aromatic heterocycles. The molecule has 58 heavy (non-hydrogen) atoms. The van der Waals surface area contributed by atoms with Gasteiger partial charge >= 0.3 is 12.1 Å². The van der Waals surface area contributed by atoms with Crippen molar-refractivity contribution in [2.75, 3.05) is 26.4 Å². The number of β-amino-alcohol motifs (C(OH)–C–C–N with tert-alkyl or cyclic N) is 1. The van der Waals surface area contributed by atoms with Crippen LogP contribution in [0.2, 0.25) is 0 Å². The van der Waals surface area contributed by atoms with Gasteiger partial charge in [0.05, 0.1) is 18.2 Å². The van der Waals surface area contributed by atoms with E-state index in [0.717, 1.165) is 90.9 Å². The molecule has 2 N–H and O–H groups in total. The summed E-state index contributed by atoms with van der Waals surface area (Å²) in [4.78, 5) is 53.4. The van der Waals surface area contributed by atoms with Crippen molar-refractivity contribution in [1.29, 1.82) is 0 Å². The minimum atomic E-state index is -0.964. The van der Waals surface area contributed by atoms with Crippen LogP contribution in [-0.2, 0) is 30.3 Å². The summed E-state index contributed by atoms with van der Waals surface area (Å²) in [6, 6.07) is 7.44. The lowest BCUT2D eigenvalue weighted by Gasteiger charge is -2.39. The van der Waals surface area contributed by atoms with Crippen molar-refractivity contribution in [2.45, 2.75) is 135 Å². The summed E-state index contributed by atoms with van der Waals surface area (Å²) < 4.78 is 17.1. The Morgan fingerprint density at radius 3 is 2.60 bits per heavy atom.